The number of imide groups is 1. The maximum atomic E-state index is 13.1. The zero-order valence-corrected chi connectivity index (χ0v) is 16.8. The van der Waals surface area contributed by atoms with Crippen LogP contribution >= 0.6 is 11.3 Å². The molecule has 1 spiro atoms. The minimum Gasteiger partial charge on any atom is -0.323 e. The van der Waals surface area contributed by atoms with Gasteiger partial charge in [0.2, 0.25) is 0 Å². The van der Waals surface area contributed by atoms with Crippen LogP contribution in [0.5, 0.6) is 0 Å². The molecule has 2 fully saturated rings. The van der Waals surface area contributed by atoms with Gasteiger partial charge in [0, 0.05) is 18.0 Å². The van der Waals surface area contributed by atoms with Gasteiger partial charge in [-0.1, -0.05) is 20.8 Å². The maximum Gasteiger partial charge on any atom is 0.326 e. The zero-order valence-electron chi connectivity index (χ0n) is 16.0. The molecule has 1 N–H and O–H groups in total. The average molecular weight is 376 g/mol. The lowest BCUT2D eigenvalue weighted by Crippen LogP contribution is -2.51. The molecule has 1 aromatic heterocycles. The van der Waals surface area contributed by atoms with Gasteiger partial charge in [-0.3, -0.25) is 9.69 Å². The van der Waals surface area contributed by atoms with Gasteiger partial charge in [0.15, 0.2) is 0 Å². The van der Waals surface area contributed by atoms with E-state index in [9.17, 15) is 9.59 Å². The summed E-state index contributed by atoms with van der Waals surface area (Å²) >= 11 is 1.80. The molecule has 0 bridgehead atoms. The molecule has 3 amide bonds. The van der Waals surface area contributed by atoms with Gasteiger partial charge in [-0.05, 0) is 60.4 Å². The number of hydrogen-bond donors (Lipinski definition) is 1. The summed E-state index contributed by atoms with van der Waals surface area (Å²) < 4.78 is 0. The largest absolute Gasteiger partial charge is 0.326 e. The van der Waals surface area contributed by atoms with Gasteiger partial charge >= 0.3 is 6.03 Å². The van der Waals surface area contributed by atoms with Crippen molar-refractivity contribution in [2.24, 2.45) is 11.3 Å². The van der Waals surface area contributed by atoms with E-state index < -0.39 is 5.54 Å². The highest BCUT2D eigenvalue weighted by Gasteiger charge is 2.53. The fraction of sp³-hybridized carbons (Fsp3) is 0.700. The van der Waals surface area contributed by atoms with Crippen LogP contribution in [-0.2, 0) is 17.8 Å². The monoisotopic (exact) mass is 375 g/mol. The first-order valence-corrected chi connectivity index (χ1v) is 10.6. The summed E-state index contributed by atoms with van der Waals surface area (Å²) in [5, 5.41) is 5.19. The van der Waals surface area contributed by atoms with E-state index in [-0.39, 0.29) is 17.4 Å². The van der Waals surface area contributed by atoms with Crippen LogP contribution in [0.15, 0.2) is 11.4 Å². The van der Waals surface area contributed by atoms with E-state index in [4.69, 9.17) is 0 Å². The molecule has 5 nitrogen and oxygen atoms in total. The first kappa shape index (κ1) is 18.0. The number of fused-ring (bicyclic) bond motifs is 1. The van der Waals surface area contributed by atoms with E-state index in [1.165, 1.54) is 15.3 Å². The predicted octanol–water partition coefficient (Wildman–Crippen LogP) is 3.59. The topological polar surface area (TPSA) is 52.7 Å². The van der Waals surface area contributed by atoms with Crippen LogP contribution in [0.2, 0.25) is 0 Å². The highest BCUT2D eigenvalue weighted by Crippen LogP contribution is 2.43. The summed E-state index contributed by atoms with van der Waals surface area (Å²) in [6.45, 7) is 8.95. The Morgan fingerprint density at radius 1 is 1.27 bits per heavy atom. The van der Waals surface area contributed by atoms with E-state index in [1.807, 2.05) is 0 Å². The molecule has 6 heteroatoms. The lowest BCUT2D eigenvalue weighted by molar-refractivity contribution is -0.134. The van der Waals surface area contributed by atoms with E-state index in [0.29, 0.717) is 12.6 Å². The van der Waals surface area contributed by atoms with Crippen molar-refractivity contribution < 1.29 is 9.59 Å². The number of urea groups is 1. The third kappa shape index (κ3) is 3.07. The summed E-state index contributed by atoms with van der Waals surface area (Å²) in [4.78, 5) is 30.8. The van der Waals surface area contributed by atoms with E-state index in [1.54, 1.807) is 11.3 Å². The minimum atomic E-state index is -0.651. The fourth-order valence-electron chi connectivity index (χ4n) is 4.75. The fourth-order valence-corrected chi connectivity index (χ4v) is 5.64. The first-order valence-electron chi connectivity index (χ1n) is 9.70. The Bertz CT molecular complexity index is 713. The summed E-state index contributed by atoms with van der Waals surface area (Å²) in [5.41, 5.74) is 0.954. The Balaban J connectivity index is 1.42. The number of nitrogens with zero attached hydrogens (tertiary/aromatic N) is 2. The molecule has 1 aliphatic carbocycles. The summed E-state index contributed by atoms with van der Waals surface area (Å²) in [5.74, 6) is 0.608. The SMILES string of the molecule is CC(C)(C)C1CCC2(CC1)NC(=O)N(CN1CCc3sccc3C1)C2=O. The van der Waals surface area contributed by atoms with Crippen LogP contribution < -0.4 is 5.32 Å². The molecule has 0 aromatic carbocycles. The molecule has 0 radical (unpaired) electrons. The number of carbonyl (C=O) groups is 2. The maximum absolute atomic E-state index is 13.1. The van der Waals surface area contributed by atoms with E-state index in [2.05, 4.69) is 42.4 Å². The lowest BCUT2D eigenvalue weighted by atomic mass is 9.67. The predicted molar refractivity (Wildman–Crippen MR) is 103 cm³/mol. The number of carbonyl (C=O) groups excluding carboxylic acids is 2. The third-order valence-electron chi connectivity index (χ3n) is 6.54. The molecule has 4 rings (SSSR count). The van der Waals surface area contributed by atoms with Crippen LogP contribution in [0.1, 0.15) is 56.9 Å². The molecule has 1 saturated heterocycles. The summed E-state index contributed by atoms with van der Waals surface area (Å²) in [6.07, 6.45) is 4.56. The second kappa shape index (κ2) is 6.34. The standard InChI is InChI=1S/C20H29N3O2S/c1-19(2,3)15-4-8-20(9-5-15)17(24)23(18(25)21-20)13-22-10-6-16-14(12-22)7-11-26-16/h7,11,15H,4-6,8-10,12-13H2,1-3H3,(H,21,25). The molecule has 26 heavy (non-hydrogen) atoms. The zero-order chi connectivity index (χ0) is 18.5. The summed E-state index contributed by atoms with van der Waals surface area (Å²) in [6, 6.07) is 1.95. The molecule has 0 atom stereocenters. The van der Waals surface area contributed by atoms with Crippen LogP contribution in [0.25, 0.3) is 0 Å². The average Bonchev–Trinajstić information content (AvgIpc) is 3.13. The molecule has 1 aromatic rings. The molecular formula is C20H29N3O2S. The Labute approximate surface area is 159 Å². The van der Waals surface area contributed by atoms with Crippen LogP contribution in [0.3, 0.4) is 0 Å². The number of nitrogens with one attached hydrogen (secondary N) is 1. The van der Waals surface area contributed by atoms with Gasteiger partial charge in [0.1, 0.15) is 5.54 Å². The van der Waals surface area contributed by atoms with Gasteiger partial charge in [-0.2, -0.15) is 0 Å². The molecular weight excluding hydrogens is 346 g/mol. The van der Waals surface area contributed by atoms with Crippen molar-refractivity contribution in [2.45, 2.75) is 65.0 Å². The first-order chi connectivity index (χ1) is 12.3. The van der Waals surface area contributed by atoms with Crippen molar-refractivity contribution >= 4 is 23.3 Å². The van der Waals surface area contributed by atoms with Crippen molar-refractivity contribution in [1.82, 2.24) is 15.1 Å². The number of hydrogen-bond acceptors (Lipinski definition) is 4. The van der Waals surface area contributed by atoms with E-state index >= 15 is 0 Å². The number of rotatable bonds is 2. The highest BCUT2D eigenvalue weighted by molar-refractivity contribution is 7.10. The van der Waals surface area contributed by atoms with Gasteiger partial charge < -0.3 is 5.32 Å². The number of thiophene rings is 1. The minimum absolute atomic E-state index is 0.00836. The quantitative estimate of drug-likeness (QED) is 0.804. The highest BCUT2D eigenvalue weighted by atomic mass is 32.1. The molecule has 0 unspecified atom stereocenters. The molecule has 2 aliphatic heterocycles. The van der Waals surface area contributed by atoms with Gasteiger partial charge in [0.05, 0.1) is 6.67 Å². The van der Waals surface area contributed by atoms with Crippen molar-refractivity contribution in [3.63, 3.8) is 0 Å². The van der Waals surface area contributed by atoms with Crippen molar-refractivity contribution in [3.8, 4) is 0 Å². The molecule has 142 valence electrons. The number of amides is 3. The van der Waals surface area contributed by atoms with Crippen LogP contribution in [-0.4, -0.2) is 40.5 Å². The van der Waals surface area contributed by atoms with Crippen molar-refractivity contribution in [2.75, 3.05) is 13.2 Å². The Kier molecular flexibility index (Phi) is 4.39. The third-order valence-corrected chi connectivity index (χ3v) is 7.56. The van der Waals surface area contributed by atoms with Crippen molar-refractivity contribution in [3.05, 3.63) is 21.9 Å². The Hall–Kier alpha value is -1.40. The normalized spacial score (nSPS) is 30.0. The second-order valence-electron chi connectivity index (χ2n) is 9.20. The lowest BCUT2D eigenvalue weighted by Gasteiger charge is -2.40. The van der Waals surface area contributed by atoms with E-state index in [0.717, 1.165) is 45.2 Å². The van der Waals surface area contributed by atoms with Gasteiger partial charge in [-0.15, -0.1) is 11.3 Å². The van der Waals surface area contributed by atoms with Crippen LogP contribution in [0, 0.1) is 11.3 Å². The molecule has 1 saturated carbocycles. The molecule has 3 heterocycles. The Morgan fingerprint density at radius 3 is 2.69 bits per heavy atom. The van der Waals surface area contributed by atoms with Crippen molar-refractivity contribution in [1.29, 1.82) is 0 Å². The Morgan fingerprint density at radius 2 is 2.00 bits per heavy atom. The van der Waals surface area contributed by atoms with Gasteiger partial charge in [0.25, 0.3) is 5.91 Å². The second-order valence-corrected chi connectivity index (χ2v) is 10.2. The van der Waals surface area contributed by atoms with Gasteiger partial charge in [-0.25, -0.2) is 9.69 Å². The summed E-state index contributed by atoms with van der Waals surface area (Å²) in [7, 11) is 0. The smallest absolute Gasteiger partial charge is 0.323 e. The molecule has 3 aliphatic rings. The van der Waals surface area contributed by atoms with Crippen LogP contribution in [0.4, 0.5) is 4.79 Å².